The highest BCUT2D eigenvalue weighted by Gasteiger charge is 2.21. The van der Waals surface area contributed by atoms with Crippen LogP contribution in [-0.2, 0) is 11.2 Å². The van der Waals surface area contributed by atoms with E-state index in [-0.39, 0.29) is 11.9 Å². The molecule has 4 rings (SSSR count). The number of nitrogens with one attached hydrogen (secondary N) is 2. The molecule has 2 N–H and O–H groups in total. The van der Waals surface area contributed by atoms with E-state index in [9.17, 15) is 9.59 Å². The number of unbranched alkanes of at least 4 members (excludes halogenated alkanes) is 1. The van der Waals surface area contributed by atoms with Crippen LogP contribution in [0, 0.1) is 0 Å². The zero-order valence-corrected chi connectivity index (χ0v) is 19.6. The van der Waals surface area contributed by atoms with Gasteiger partial charge in [-0.25, -0.2) is 4.79 Å². The summed E-state index contributed by atoms with van der Waals surface area (Å²) in [7, 11) is 0. The second-order valence-corrected chi connectivity index (χ2v) is 8.70. The highest BCUT2D eigenvalue weighted by molar-refractivity contribution is 6.01. The average molecular weight is 460 g/mol. The number of aromatic nitrogens is 1. The van der Waals surface area contributed by atoms with Crippen LogP contribution >= 0.6 is 0 Å². The number of pyridine rings is 1. The fraction of sp³-hybridized carbons (Fsp3) is 0.370. The van der Waals surface area contributed by atoms with Gasteiger partial charge in [0.1, 0.15) is 0 Å². The zero-order valence-electron chi connectivity index (χ0n) is 19.6. The smallest absolute Gasteiger partial charge is 0.321 e. The van der Waals surface area contributed by atoms with Crippen LogP contribution in [0.1, 0.15) is 24.8 Å². The number of hydrogen-bond acceptors (Lipinski definition) is 4. The topological polar surface area (TPSA) is 77.6 Å². The number of anilines is 1. The Labute approximate surface area is 201 Å². The second kappa shape index (κ2) is 12.1. The Hall–Kier alpha value is -3.45. The lowest BCUT2D eigenvalue weighted by Crippen LogP contribution is -2.50. The molecule has 0 spiro atoms. The maximum absolute atomic E-state index is 12.8. The van der Waals surface area contributed by atoms with Crippen molar-refractivity contribution in [3.05, 3.63) is 72.6 Å². The van der Waals surface area contributed by atoms with Gasteiger partial charge >= 0.3 is 6.03 Å². The standard InChI is InChI=1S/C27H33N5O2/c33-26(13-12-22-7-6-14-28-21-22)29-15-3-4-16-31-17-19-32(20-18-31)27(34)30-25-11-5-9-23-8-1-2-10-24(23)25/h1-2,5-11,14,21H,3-4,12-13,15-20H2,(H,29,33)(H,30,34). The van der Waals surface area contributed by atoms with Gasteiger partial charge in [-0.15, -0.1) is 0 Å². The fourth-order valence-electron chi connectivity index (χ4n) is 4.28. The second-order valence-electron chi connectivity index (χ2n) is 8.70. The van der Waals surface area contributed by atoms with Crippen molar-refractivity contribution in [2.24, 2.45) is 0 Å². The van der Waals surface area contributed by atoms with Crippen LogP contribution in [0.2, 0.25) is 0 Å². The van der Waals surface area contributed by atoms with Crippen LogP contribution in [0.3, 0.4) is 0 Å². The molecular formula is C27H33N5O2. The Balaban J connectivity index is 1.10. The van der Waals surface area contributed by atoms with Crippen LogP contribution in [0.4, 0.5) is 10.5 Å². The summed E-state index contributed by atoms with van der Waals surface area (Å²) >= 11 is 0. The van der Waals surface area contributed by atoms with Gasteiger partial charge in [-0.1, -0.05) is 42.5 Å². The number of nitrogens with zero attached hydrogens (tertiary/aromatic N) is 3. The predicted molar refractivity (Wildman–Crippen MR) is 136 cm³/mol. The van der Waals surface area contributed by atoms with Crippen LogP contribution in [0.15, 0.2) is 67.0 Å². The van der Waals surface area contributed by atoms with Gasteiger partial charge in [0.05, 0.1) is 5.69 Å². The number of aryl methyl sites for hydroxylation is 1. The number of amides is 3. The van der Waals surface area contributed by atoms with Crippen LogP contribution in [-0.4, -0.2) is 66.0 Å². The Bertz CT molecular complexity index is 1080. The van der Waals surface area contributed by atoms with Crippen LogP contribution in [0.5, 0.6) is 0 Å². The highest BCUT2D eigenvalue weighted by Crippen LogP contribution is 2.23. The molecule has 0 unspecified atom stereocenters. The van der Waals surface area contributed by atoms with E-state index in [4.69, 9.17) is 0 Å². The molecule has 1 aromatic heterocycles. The van der Waals surface area contributed by atoms with Gasteiger partial charge in [-0.05, 0) is 48.9 Å². The molecule has 1 aliphatic heterocycles. The normalized spacial score (nSPS) is 14.2. The number of rotatable bonds is 9. The molecule has 2 heterocycles. The molecule has 34 heavy (non-hydrogen) atoms. The first-order valence-corrected chi connectivity index (χ1v) is 12.1. The van der Waals surface area contributed by atoms with Crippen molar-refractivity contribution in [3.63, 3.8) is 0 Å². The number of carbonyl (C=O) groups excluding carboxylic acids is 2. The van der Waals surface area contributed by atoms with Gasteiger partial charge in [0.15, 0.2) is 0 Å². The third-order valence-corrected chi connectivity index (χ3v) is 6.28. The Kier molecular flexibility index (Phi) is 8.46. The number of piperazine rings is 1. The van der Waals surface area contributed by atoms with Crippen molar-refractivity contribution < 1.29 is 9.59 Å². The molecule has 0 aliphatic carbocycles. The van der Waals surface area contributed by atoms with E-state index in [1.54, 1.807) is 12.4 Å². The van der Waals surface area contributed by atoms with Crippen LogP contribution < -0.4 is 10.6 Å². The van der Waals surface area contributed by atoms with E-state index in [0.29, 0.717) is 13.0 Å². The molecule has 0 bridgehead atoms. The Morgan fingerprint density at radius 3 is 2.56 bits per heavy atom. The largest absolute Gasteiger partial charge is 0.356 e. The summed E-state index contributed by atoms with van der Waals surface area (Å²) in [5.41, 5.74) is 1.94. The van der Waals surface area contributed by atoms with Gasteiger partial charge in [0.2, 0.25) is 5.91 Å². The number of fused-ring (bicyclic) bond motifs is 1. The van der Waals surface area contributed by atoms with Crippen molar-refractivity contribution >= 4 is 28.4 Å². The summed E-state index contributed by atoms with van der Waals surface area (Å²) in [5.74, 6) is 0.0923. The average Bonchev–Trinajstić information content (AvgIpc) is 2.88. The summed E-state index contributed by atoms with van der Waals surface area (Å²) in [4.78, 5) is 33.1. The Morgan fingerprint density at radius 1 is 0.912 bits per heavy atom. The first kappa shape index (κ1) is 23.7. The highest BCUT2D eigenvalue weighted by atomic mass is 16.2. The molecule has 7 heteroatoms. The Morgan fingerprint density at radius 2 is 1.74 bits per heavy atom. The molecular weight excluding hydrogens is 426 g/mol. The van der Waals surface area contributed by atoms with Crippen molar-refractivity contribution in [1.29, 1.82) is 0 Å². The predicted octanol–water partition coefficient (Wildman–Crippen LogP) is 3.91. The number of carbonyl (C=O) groups is 2. The SMILES string of the molecule is O=C(CCc1cccnc1)NCCCCN1CCN(C(=O)Nc2cccc3ccccc23)CC1. The summed E-state index contributed by atoms with van der Waals surface area (Å²) < 4.78 is 0. The number of hydrogen-bond donors (Lipinski definition) is 2. The molecule has 0 radical (unpaired) electrons. The lowest BCUT2D eigenvalue weighted by Gasteiger charge is -2.34. The molecule has 3 amide bonds. The van der Waals surface area contributed by atoms with Gasteiger partial charge in [0.25, 0.3) is 0 Å². The van der Waals surface area contributed by atoms with Gasteiger partial charge in [-0.2, -0.15) is 0 Å². The molecule has 0 saturated carbocycles. The quantitative estimate of drug-likeness (QED) is 0.476. The van der Waals surface area contributed by atoms with E-state index in [0.717, 1.165) is 74.0 Å². The van der Waals surface area contributed by atoms with Crippen molar-refractivity contribution in [2.75, 3.05) is 44.6 Å². The van der Waals surface area contributed by atoms with Crippen LogP contribution in [0.25, 0.3) is 10.8 Å². The molecule has 1 fully saturated rings. The van der Waals surface area contributed by atoms with Gasteiger partial charge < -0.3 is 15.5 Å². The molecule has 7 nitrogen and oxygen atoms in total. The first-order chi connectivity index (χ1) is 16.7. The summed E-state index contributed by atoms with van der Waals surface area (Å²) in [6, 6.07) is 17.9. The molecule has 1 saturated heterocycles. The van der Waals surface area contributed by atoms with Crippen molar-refractivity contribution in [2.45, 2.75) is 25.7 Å². The number of benzene rings is 2. The fourth-order valence-corrected chi connectivity index (χ4v) is 4.28. The van der Waals surface area contributed by atoms with E-state index >= 15 is 0 Å². The van der Waals surface area contributed by atoms with Gasteiger partial charge in [-0.3, -0.25) is 14.7 Å². The van der Waals surface area contributed by atoms with Crippen molar-refractivity contribution in [1.82, 2.24) is 20.1 Å². The number of urea groups is 1. The molecule has 2 aromatic carbocycles. The molecule has 3 aromatic rings. The van der Waals surface area contributed by atoms with E-state index in [1.807, 2.05) is 47.4 Å². The molecule has 1 aliphatic rings. The summed E-state index contributed by atoms with van der Waals surface area (Å²) in [5, 5.41) is 8.27. The maximum Gasteiger partial charge on any atom is 0.321 e. The third-order valence-electron chi connectivity index (χ3n) is 6.28. The van der Waals surface area contributed by atoms with E-state index < -0.39 is 0 Å². The molecule has 178 valence electrons. The zero-order chi connectivity index (χ0) is 23.6. The lowest BCUT2D eigenvalue weighted by atomic mass is 10.1. The summed E-state index contributed by atoms with van der Waals surface area (Å²) in [6.45, 7) is 4.90. The van der Waals surface area contributed by atoms with E-state index in [2.05, 4.69) is 32.7 Å². The maximum atomic E-state index is 12.8. The summed E-state index contributed by atoms with van der Waals surface area (Å²) in [6.07, 6.45) is 6.75. The van der Waals surface area contributed by atoms with Gasteiger partial charge in [0, 0.05) is 56.9 Å². The minimum Gasteiger partial charge on any atom is -0.356 e. The minimum atomic E-state index is -0.0370. The monoisotopic (exact) mass is 459 g/mol. The van der Waals surface area contributed by atoms with Crippen molar-refractivity contribution in [3.8, 4) is 0 Å². The minimum absolute atomic E-state index is 0.0370. The first-order valence-electron chi connectivity index (χ1n) is 12.1. The lowest BCUT2D eigenvalue weighted by molar-refractivity contribution is -0.121. The molecule has 0 atom stereocenters. The third kappa shape index (κ3) is 6.78. The van der Waals surface area contributed by atoms with E-state index in [1.165, 1.54) is 0 Å².